The van der Waals surface area contributed by atoms with E-state index in [4.69, 9.17) is 9.15 Å². The van der Waals surface area contributed by atoms with Gasteiger partial charge < -0.3 is 9.15 Å². The van der Waals surface area contributed by atoms with Crippen molar-refractivity contribution in [1.82, 2.24) is 4.57 Å². The van der Waals surface area contributed by atoms with Gasteiger partial charge in [0.2, 0.25) is 0 Å². The van der Waals surface area contributed by atoms with Gasteiger partial charge in [-0.1, -0.05) is 41.7 Å². The van der Waals surface area contributed by atoms with Crippen molar-refractivity contribution in [1.29, 1.82) is 0 Å². The number of fused-ring (bicyclic) bond motifs is 1. The molecule has 2 aromatic heterocycles. The highest BCUT2D eigenvalue weighted by atomic mass is 32.1. The number of aromatic nitrogens is 1. The fourth-order valence-corrected chi connectivity index (χ4v) is 4.30. The number of rotatable bonds is 4. The van der Waals surface area contributed by atoms with Crippen LogP contribution in [0, 0.1) is 0 Å². The Morgan fingerprint density at radius 3 is 2.79 bits per heavy atom. The number of hydrogen-bond donors (Lipinski definition) is 0. The van der Waals surface area contributed by atoms with Crippen LogP contribution in [-0.2, 0) is 9.53 Å². The molecular weight excluding hydrogens is 376 g/mol. The molecule has 28 heavy (non-hydrogen) atoms. The summed E-state index contributed by atoms with van der Waals surface area (Å²) in [5, 5.41) is 0. The second-order valence-electron chi connectivity index (χ2n) is 6.27. The first-order chi connectivity index (χ1) is 13.6. The Labute approximate surface area is 164 Å². The van der Waals surface area contributed by atoms with Crippen LogP contribution in [0.1, 0.15) is 31.0 Å². The van der Waals surface area contributed by atoms with Crippen molar-refractivity contribution in [3.05, 3.63) is 91.0 Å². The Balaban J connectivity index is 1.97. The average Bonchev–Trinajstić information content (AvgIpc) is 3.30. The van der Waals surface area contributed by atoms with Crippen molar-refractivity contribution in [2.45, 2.75) is 19.9 Å². The van der Waals surface area contributed by atoms with Crippen molar-refractivity contribution >= 4 is 23.4 Å². The molecule has 1 atom stereocenters. The SMILES string of the molecule is CCOC(=O)C1=C(C)N=c2s/c(=C\c3ccoc3)c(=O)n2[C@@H]1c1ccccc1. The van der Waals surface area contributed by atoms with Gasteiger partial charge in [-0.05, 0) is 31.6 Å². The van der Waals surface area contributed by atoms with E-state index in [0.717, 1.165) is 11.1 Å². The normalized spacial score (nSPS) is 16.6. The first kappa shape index (κ1) is 18.2. The summed E-state index contributed by atoms with van der Waals surface area (Å²) in [6, 6.07) is 10.7. The first-order valence-corrected chi connectivity index (χ1v) is 9.68. The van der Waals surface area contributed by atoms with E-state index in [9.17, 15) is 9.59 Å². The zero-order valence-corrected chi connectivity index (χ0v) is 16.2. The molecule has 0 fully saturated rings. The maximum atomic E-state index is 13.2. The summed E-state index contributed by atoms with van der Waals surface area (Å²) in [5.74, 6) is -0.457. The molecule has 0 bridgehead atoms. The Bertz CT molecular complexity index is 1220. The summed E-state index contributed by atoms with van der Waals surface area (Å²) in [4.78, 5) is 31.0. The van der Waals surface area contributed by atoms with Crippen LogP contribution in [0.4, 0.5) is 0 Å². The molecule has 3 aromatic rings. The number of allylic oxidation sites excluding steroid dienone is 1. The lowest BCUT2D eigenvalue weighted by Gasteiger charge is -2.24. The molecule has 1 aliphatic heterocycles. The van der Waals surface area contributed by atoms with Crippen LogP contribution >= 0.6 is 11.3 Å². The molecule has 0 radical (unpaired) electrons. The minimum atomic E-state index is -0.581. The van der Waals surface area contributed by atoms with E-state index in [1.807, 2.05) is 30.3 Å². The molecule has 7 heteroatoms. The van der Waals surface area contributed by atoms with Gasteiger partial charge in [0.1, 0.15) is 0 Å². The molecule has 1 aliphatic rings. The third-order valence-corrected chi connectivity index (χ3v) is 5.46. The zero-order chi connectivity index (χ0) is 19.7. The lowest BCUT2D eigenvalue weighted by molar-refractivity contribution is -0.139. The highest BCUT2D eigenvalue weighted by Gasteiger charge is 2.33. The quantitative estimate of drug-likeness (QED) is 0.637. The van der Waals surface area contributed by atoms with Gasteiger partial charge in [-0.2, -0.15) is 0 Å². The summed E-state index contributed by atoms with van der Waals surface area (Å²) >= 11 is 1.29. The van der Waals surface area contributed by atoms with Crippen LogP contribution in [0.2, 0.25) is 0 Å². The summed E-state index contributed by atoms with van der Waals surface area (Å²) in [6.45, 7) is 3.78. The van der Waals surface area contributed by atoms with Crippen LogP contribution in [0.15, 0.2) is 74.4 Å². The van der Waals surface area contributed by atoms with E-state index >= 15 is 0 Å². The molecule has 0 N–H and O–H groups in total. The maximum Gasteiger partial charge on any atom is 0.338 e. The summed E-state index contributed by atoms with van der Waals surface area (Å²) in [6.07, 6.45) is 4.89. The van der Waals surface area contributed by atoms with Crippen LogP contribution < -0.4 is 14.9 Å². The second kappa shape index (κ2) is 7.44. The predicted octanol–water partition coefficient (Wildman–Crippen LogP) is 2.39. The van der Waals surface area contributed by atoms with Crippen LogP contribution in [-0.4, -0.2) is 17.1 Å². The van der Waals surface area contributed by atoms with Crippen molar-refractivity contribution in [2.75, 3.05) is 6.61 Å². The van der Waals surface area contributed by atoms with Gasteiger partial charge in [0.25, 0.3) is 5.56 Å². The molecule has 0 aliphatic carbocycles. The highest BCUT2D eigenvalue weighted by Crippen LogP contribution is 2.30. The molecule has 0 saturated heterocycles. The number of hydrogen-bond acceptors (Lipinski definition) is 6. The van der Waals surface area contributed by atoms with Crippen molar-refractivity contribution < 1.29 is 13.9 Å². The summed E-state index contributed by atoms with van der Waals surface area (Å²) < 4.78 is 12.4. The minimum absolute atomic E-state index is 0.201. The molecule has 6 nitrogen and oxygen atoms in total. The van der Waals surface area contributed by atoms with Gasteiger partial charge in [-0.25, -0.2) is 9.79 Å². The van der Waals surface area contributed by atoms with Crippen molar-refractivity contribution in [2.24, 2.45) is 4.99 Å². The zero-order valence-electron chi connectivity index (χ0n) is 15.4. The van der Waals surface area contributed by atoms with Gasteiger partial charge in [0, 0.05) is 5.56 Å². The van der Waals surface area contributed by atoms with E-state index in [0.29, 0.717) is 20.6 Å². The molecule has 4 rings (SSSR count). The van der Waals surface area contributed by atoms with Gasteiger partial charge >= 0.3 is 5.97 Å². The van der Waals surface area contributed by atoms with E-state index in [1.54, 1.807) is 43.1 Å². The number of thiazole rings is 1. The molecule has 1 aromatic carbocycles. The predicted molar refractivity (Wildman–Crippen MR) is 106 cm³/mol. The highest BCUT2D eigenvalue weighted by molar-refractivity contribution is 7.07. The number of carbonyl (C=O) groups excluding carboxylic acids is 1. The Kier molecular flexibility index (Phi) is 4.83. The third-order valence-electron chi connectivity index (χ3n) is 4.47. The van der Waals surface area contributed by atoms with Gasteiger partial charge in [0.15, 0.2) is 4.80 Å². The molecule has 0 amide bonds. The number of carbonyl (C=O) groups is 1. The Hall–Kier alpha value is -3.19. The molecule has 0 spiro atoms. The molecule has 3 heterocycles. The number of ether oxygens (including phenoxy) is 1. The lowest BCUT2D eigenvalue weighted by atomic mass is 9.96. The molecule has 0 saturated carbocycles. The van der Waals surface area contributed by atoms with Crippen molar-refractivity contribution in [3.8, 4) is 0 Å². The number of benzene rings is 1. The van der Waals surface area contributed by atoms with Crippen LogP contribution in [0.25, 0.3) is 6.08 Å². The standard InChI is InChI=1S/C21H18N2O4S/c1-3-27-20(25)17-13(2)22-21-23(18(17)15-7-5-4-6-8-15)19(24)16(28-21)11-14-9-10-26-12-14/h4-12,18H,3H2,1-2H3/b16-11-/t18-/m1/s1. The molecular formula is C21H18N2O4S. The minimum Gasteiger partial charge on any atom is -0.472 e. The average molecular weight is 394 g/mol. The van der Waals surface area contributed by atoms with Gasteiger partial charge in [-0.15, -0.1) is 0 Å². The Morgan fingerprint density at radius 2 is 2.11 bits per heavy atom. The fourth-order valence-electron chi connectivity index (χ4n) is 3.25. The number of furan rings is 1. The van der Waals surface area contributed by atoms with Crippen LogP contribution in [0.3, 0.4) is 0 Å². The largest absolute Gasteiger partial charge is 0.472 e. The molecule has 0 unspecified atom stereocenters. The lowest BCUT2D eigenvalue weighted by Crippen LogP contribution is -2.39. The smallest absolute Gasteiger partial charge is 0.338 e. The Morgan fingerprint density at radius 1 is 1.32 bits per heavy atom. The van der Waals surface area contributed by atoms with E-state index in [2.05, 4.69) is 4.99 Å². The number of nitrogens with zero attached hydrogens (tertiary/aromatic N) is 2. The number of esters is 1. The first-order valence-electron chi connectivity index (χ1n) is 8.87. The topological polar surface area (TPSA) is 73.8 Å². The third kappa shape index (κ3) is 3.14. The monoisotopic (exact) mass is 394 g/mol. The van der Waals surface area contributed by atoms with E-state index in [1.165, 1.54) is 11.3 Å². The molecule has 142 valence electrons. The summed E-state index contributed by atoms with van der Waals surface area (Å²) in [7, 11) is 0. The van der Waals surface area contributed by atoms with E-state index in [-0.39, 0.29) is 12.2 Å². The second-order valence-corrected chi connectivity index (χ2v) is 7.28. The van der Waals surface area contributed by atoms with E-state index < -0.39 is 12.0 Å². The maximum absolute atomic E-state index is 13.2. The fraction of sp³-hybridized carbons (Fsp3) is 0.190. The van der Waals surface area contributed by atoms with Gasteiger partial charge in [-0.3, -0.25) is 9.36 Å². The van der Waals surface area contributed by atoms with Gasteiger partial charge in [0.05, 0.1) is 41.0 Å². The van der Waals surface area contributed by atoms with Crippen LogP contribution in [0.5, 0.6) is 0 Å². The summed E-state index contributed by atoms with van der Waals surface area (Å²) in [5.41, 5.74) is 2.37. The van der Waals surface area contributed by atoms with Crippen molar-refractivity contribution in [3.63, 3.8) is 0 Å².